The minimum atomic E-state index is -0.811. The molecule has 0 saturated carbocycles. The summed E-state index contributed by atoms with van der Waals surface area (Å²) in [6, 6.07) is 8.09. The van der Waals surface area contributed by atoms with E-state index in [4.69, 9.17) is 5.11 Å². The number of benzene rings is 1. The molecule has 2 rings (SSSR count). The molecule has 0 radical (unpaired) electrons. The van der Waals surface area contributed by atoms with Crippen LogP contribution in [0.5, 0.6) is 0 Å². The molecule has 1 heterocycles. The summed E-state index contributed by atoms with van der Waals surface area (Å²) in [5.74, 6) is 0.0330. The number of carboxylic acid groups (broad SMARTS) is 1. The van der Waals surface area contributed by atoms with Crippen LogP contribution in [0.4, 0.5) is 0 Å². The van der Waals surface area contributed by atoms with Crippen LogP contribution in [0.2, 0.25) is 0 Å². The minimum absolute atomic E-state index is 0.0862. The third-order valence-corrected chi connectivity index (χ3v) is 3.93. The van der Waals surface area contributed by atoms with Crippen LogP contribution in [0, 0.1) is 6.92 Å². The van der Waals surface area contributed by atoms with Gasteiger partial charge in [-0.25, -0.2) is 4.98 Å². The number of hydrogen-bond donors (Lipinski definition) is 1. The van der Waals surface area contributed by atoms with Crippen LogP contribution in [0.15, 0.2) is 28.9 Å². The molecule has 0 amide bonds. The molecule has 0 unspecified atom stereocenters. The fourth-order valence-electron chi connectivity index (χ4n) is 1.96. The Hall–Kier alpha value is -1.62. The summed E-state index contributed by atoms with van der Waals surface area (Å²) >= 11 is 3.47. The monoisotopic (exact) mass is 322 g/mol. The minimum Gasteiger partial charge on any atom is -0.481 e. The van der Waals surface area contributed by atoms with Crippen molar-refractivity contribution in [1.29, 1.82) is 0 Å². The van der Waals surface area contributed by atoms with Gasteiger partial charge < -0.3 is 9.67 Å². The topological polar surface area (TPSA) is 55.1 Å². The number of imidazole rings is 1. The van der Waals surface area contributed by atoms with E-state index in [1.165, 1.54) is 5.56 Å². The summed E-state index contributed by atoms with van der Waals surface area (Å²) in [5.41, 5.74) is 2.98. The summed E-state index contributed by atoms with van der Waals surface area (Å²) in [6.45, 7) is 2.03. The van der Waals surface area contributed by atoms with E-state index in [1.807, 2.05) is 36.7 Å². The standard InChI is InChI=1S/C14H15BrN2O2/c1-9-4-3-5-10(8-9)14-16-11(6-7-12(18)19)13(15)17(14)2/h3-5,8H,6-7H2,1-2H3,(H,18,19). The molecule has 0 aliphatic rings. The van der Waals surface area contributed by atoms with E-state index >= 15 is 0 Å². The van der Waals surface area contributed by atoms with Gasteiger partial charge in [-0.15, -0.1) is 0 Å². The van der Waals surface area contributed by atoms with Gasteiger partial charge in [-0.3, -0.25) is 4.79 Å². The zero-order valence-electron chi connectivity index (χ0n) is 10.9. The van der Waals surface area contributed by atoms with Crippen LogP contribution in [-0.2, 0) is 18.3 Å². The quantitative estimate of drug-likeness (QED) is 0.940. The van der Waals surface area contributed by atoms with Crippen LogP contribution in [0.25, 0.3) is 11.4 Å². The van der Waals surface area contributed by atoms with Crippen LogP contribution in [0.3, 0.4) is 0 Å². The van der Waals surface area contributed by atoms with Crippen molar-refractivity contribution in [3.05, 3.63) is 40.1 Å². The molecule has 2 aromatic rings. The van der Waals surface area contributed by atoms with Crippen LogP contribution < -0.4 is 0 Å². The summed E-state index contributed by atoms with van der Waals surface area (Å²) in [5, 5.41) is 8.75. The number of rotatable bonds is 4. The Morgan fingerprint density at radius 1 is 1.47 bits per heavy atom. The number of carbonyl (C=O) groups is 1. The lowest BCUT2D eigenvalue weighted by atomic mass is 10.1. The number of carboxylic acids is 1. The Bertz CT molecular complexity index is 620. The maximum Gasteiger partial charge on any atom is 0.303 e. The number of aromatic nitrogens is 2. The Labute approximate surface area is 120 Å². The molecule has 1 aromatic heterocycles. The second kappa shape index (κ2) is 5.57. The molecule has 0 atom stereocenters. The van der Waals surface area contributed by atoms with Crippen molar-refractivity contribution < 1.29 is 9.90 Å². The van der Waals surface area contributed by atoms with E-state index in [1.54, 1.807) is 0 Å². The number of aryl methyl sites for hydroxylation is 2. The van der Waals surface area contributed by atoms with Crippen molar-refractivity contribution in [1.82, 2.24) is 9.55 Å². The average molecular weight is 323 g/mol. The molecular weight excluding hydrogens is 308 g/mol. The van der Waals surface area contributed by atoms with Gasteiger partial charge in [-0.2, -0.15) is 0 Å². The Morgan fingerprint density at radius 3 is 2.84 bits per heavy atom. The molecule has 0 aliphatic carbocycles. The summed E-state index contributed by atoms with van der Waals surface area (Å²) in [6.07, 6.45) is 0.512. The third kappa shape index (κ3) is 3.04. The van der Waals surface area contributed by atoms with Crippen molar-refractivity contribution in [3.8, 4) is 11.4 Å². The number of aliphatic carboxylic acids is 1. The van der Waals surface area contributed by atoms with Crippen LogP contribution >= 0.6 is 15.9 Å². The predicted octanol–water partition coefficient (Wildman–Crippen LogP) is 3.18. The highest BCUT2D eigenvalue weighted by Crippen LogP contribution is 2.26. The molecule has 0 aliphatic heterocycles. The van der Waals surface area contributed by atoms with Gasteiger partial charge in [0.05, 0.1) is 12.1 Å². The van der Waals surface area contributed by atoms with Gasteiger partial charge in [0.25, 0.3) is 0 Å². The predicted molar refractivity (Wildman–Crippen MR) is 77.0 cm³/mol. The highest BCUT2D eigenvalue weighted by atomic mass is 79.9. The van der Waals surface area contributed by atoms with Crippen molar-refractivity contribution in [3.63, 3.8) is 0 Å². The summed E-state index contributed by atoms with van der Waals surface area (Å²) < 4.78 is 2.77. The fraction of sp³-hybridized carbons (Fsp3) is 0.286. The first-order chi connectivity index (χ1) is 8.99. The van der Waals surface area contributed by atoms with E-state index < -0.39 is 5.97 Å². The number of nitrogens with zero attached hydrogens (tertiary/aromatic N) is 2. The average Bonchev–Trinajstić information content (AvgIpc) is 2.64. The second-order valence-electron chi connectivity index (χ2n) is 4.50. The molecule has 1 N–H and O–H groups in total. The molecule has 1 aromatic carbocycles. The largest absolute Gasteiger partial charge is 0.481 e. The maximum absolute atomic E-state index is 10.6. The van der Waals surface area contributed by atoms with Gasteiger partial charge in [0.1, 0.15) is 10.4 Å². The van der Waals surface area contributed by atoms with Crippen molar-refractivity contribution in [2.45, 2.75) is 19.8 Å². The van der Waals surface area contributed by atoms with E-state index in [2.05, 4.69) is 27.0 Å². The molecule has 4 nitrogen and oxygen atoms in total. The maximum atomic E-state index is 10.6. The van der Waals surface area contributed by atoms with E-state index in [0.717, 1.165) is 21.7 Å². The lowest BCUT2D eigenvalue weighted by Crippen LogP contribution is -1.98. The first-order valence-corrected chi connectivity index (χ1v) is 6.78. The highest BCUT2D eigenvalue weighted by molar-refractivity contribution is 9.10. The lowest BCUT2D eigenvalue weighted by Gasteiger charge is -2.03. The van der Waals surface area contributed by atoms with Crippen molar-refractivity contribution in [2.24, 2.45) is 7.05 Å². The van der Waals surface area contributed by atoms with Gasteiger partial charge in [-0.05, 0) is 28.9 Å². The Balaban J connectivity index is 2.37. The lowest BCUT2D eigenvalue weighted by molar-refractivity contribution is -0.136. The van der Waals surface area contributed by atoms with Crippen LogP contribution in [0.1, 0.15) is 17.7 Å². The van der Waals surface area contributed by atoms with Gasteiger partial charge >= 0.3 is 5.97 Å². The molecule has 0 bridgehead atoms. The van der Waals surface area contributed by atoms with Crippen molar-refractivity contribution >= 4 is 21.9 Å². The molecule has 19 heavy (non-hydrogen) atoms. The molecule has 5 heteroatoms. The first kappa shape index (κ1) is 13.8. The fourth-order valence-corrected chi connectivity index (χ4v) is 2.42. The summed E-state index contributed by atoms with van der Waals surface area (Å²) in [4.78, 5) is 15.2. The van der Waals surface area contributed by atoms with Gasteiger partial charge in [-0.1, -0.05) is 23.8 Å². The highest BCUT2D eigenvalue weighted by Gasteiger charge is 2.14. The van der Waals surface area contributed by atoms with Gasteiger partial charge in [0.2, 0.25) is 0 Å². The van der Waals surface area contributed by atoms with Gasteiger partial charge in [0.15, 0.2) is 0 Å². The smallest absolute Gasteiger partial charge is 0.303 e. The summed E-state index contributed by atoms with van der Waals surface area (Å²) in [7, 11) is 1.92. The molecular formula is C14H15BrN2O2. The van der Waals surface area contributed by atoms with E-state index in [-0.39, 0.29) is 6.42 Å². The Morgan fingerprint density at radius 2 is 2.21 bits per heavy atom. The zero-order chi connectivity index (χ0) is 14.0. The Kier molecular flexibility index (Phi) is 4.04. The van der Waals surface area contributed by atoms with E-state index in [9.17, 15) is 4.79 Å². The second-order valence-corrected chi connectivity index (χ2v) is 5.25. The number of hydrogen-bond acceptors (Lipinski definition) is 2. The van der Waals surface area contributed by atoms with Crippen molar-refractivity contribution in [2.75, 3.05) is 0 Å². The zero-order valence-corrected chi connectivity index (χ0v) is 12.4. The van der Waals surface area contributed by atoms with E-state index in [0.29, 0.717) is 6.42 Å². The molecule has 0 saturated heterocycles. The first-order valence-electron chi connectivity index (χ1n) is 5.99. The van der Waals surface area contributed by atoms with Crippen LogP contribution in [-0.4, -0.2) is 20.6 Å². The molecule has 100 valence electrons. The number of halogens is 1. The van der Waals surface area contributed by atoms with Gasteiger partial charge in [0, 0.05) is 19.0 Å². The third-order valence-electron chi connectivity index (χ3n) is 2.94. The molecule has 0 spiro atoms. The molecule has 0 fully saturated rings. The SMILES string of the molecule is Cc1cccc(-c2nc(CCC(=O)O)c(Br)n2C)c1. The normalized spacial score (nSPS) is 10.7.